The zero-order valence-electron chi connectivity index (χ0n) is 8.28. The van der Waals surface area contributed by atoms with E-state index in [9.17, 15) is 4.39 Å². The van der Waals surface area contributed by atoms with Crippen molar-refractivity contribution in [1.29, 1.82) is 0 Å². The quantitative estimate of drug-likeness (QED) is 0.680. The Morgan fingerprint density at radius 3 is 2.40 bits per heavy atom. The smallest absolute Gasteiger partial charge is 0.123 e. The Hall–Kier alpha value is -1.89. The standard InChI is InChI=1S/C14H11F/c1-2-11-8-9-13(15)10-14(11)12-6-4-3-5-7-12/h2-10H,1H2. The van der Waals surface area contributed by atoms with Gasteiger partial charge in [-0.3, -0.25) is 0 Å². The first-order valence-electron chi connectivity index (χ1n) is 4.78. The number of hydrogen-bond donors (Lipinski definition) is 0. The van der Waals surface area contributed by atoms with Gasteiger partial charge in [0.2, 0.25) is 0 Å². The van der Waals surface area contributed by atoms with E-state index < -0.39 is 0 Å². The Balaban J connectivity index is 2.61. The van der Waals surface area contributed by atoms with E-state index in [1.165, 1.54) is 12.1 Å². The molecule has 0 bridgehead atoms. The summed E-state index contributed by atoms with van der Waals surface area (Å²) in [6, 6.07) is 14.5. The highest BCUT2D eigenvalue weighted by atomic mass is 19.1. The lowest BCUT2D eigenvalue weighted by molar-refractivity contribution is 0.628. The van der Waals surface area contributed by atoms with Crippen LogP contribution in [0, 0.1) is 5.82 Å². The fourth-order valence-corrected chi connectivity index (χ4v) is 1.57. The maximum Gasteiger partial charge on any atom is 0.123 e. The SMILES string of the molecule is C=Cc1ccc(F)cc1-c1ccccc1. The molecule has 0 unspecified atom stereocenters. The maximum absolute atomic E-state index is 13.1. The second-order valence-corrected chi connectivity index (χ2v) is 3.30. The average molecular weight is 198 g/mol. The molecule has 0 atom stereocenters. The Bertz CT molecular complexity index is 472. The highest BCUT2D eigenvalue weighted by Gasteiger charge is 2.03. The third kappa shape index (κ3) is 1.96. The van der Waals surface area contributed by atoms with Crippen LogP contribution in [0.25, 0.3) is 17.2 Å². The summed E-state index contributed by atoms with van der Waals surface area (Å²) in [5.74, 6) is -0.223. The highest BCUT2D eigenvalue weighted by molar-refractivity contribution is 5.74. The first-order valence-corrected chi connectivity index (χ1v) is 4.78. The van der Waals surface area contributed by atoms with Gasteiger partial charge in [0.25, 0.3) is 0 Å². The molecule has 15 heavy (non-hydrogen) atoms. The number of rotatable bonds is 2. The molecular weight excluding hydrogens is 187 g/mol. The van der Waals surface area contributed by atoms with E-state index >= 15 is 0 Å². The van der Waals surface area contributed by atoms with Crippen molar-refractivity contribution < 1.29 is 4.39 Å². The molecule has 0 radical (unpaired) electrons. The molecule has 0 aliphatic rings. The molecule has 0 nitrogen and oxygen atoms in total. The Morgan fingerprint density at radius 1 is 1.00 bits per heavy atom. The van der Waals surface area contributed by atoms with Crippen molar-refractivity contribution in [2.75, 3.05) is 0 Å². The minimum absolute atomic E-state index is 0.223. The molecule has 0 spiro atoms. The molecule has 0 amide bonds. The number of halogens is 1. The van der Waals surface area contributed by atoms with Crippen LogP contribution in [0.2, 0.25) is 0 Å². The minimum Gasteiger partial charge on any atom is -0.207 e. The molecule has 2 rings (SSSR count). The van der Waals surface area contributed by atoms with Gasteiger partial charge < -0.3 is 0 Å². The van der Waals surface area contributed by atoms with Crippen LogP contribution in [0.4, 0.5) is 4.39 Å². The molecule has 2 aromatic rings. The predicted molar refractivity (Wildman–Crippen MR) is 61.9 cm³/mol. The largest absolute Gasteiger partial charge is 0.207 e. The van der Waals surface area contributed by atoms with Crippen molar-refractivity contribution in [1.82, 2.24) is 0 Å². The predicted octanol–water partition coefficient (Wildman–Crippen LogP) is 4.14. The summed E-state index contributed by atoms with van der Waals surface area (Å²) >= 11 is 0. The van der Waals surface area contributed by atoms with Crippen molar-refractivity contribution >= 4 is 6.08 Å². The summed E-state index contributed by atoms with van der Waals surface area (Å²) in [4.78, 5) is 0. The van der Waals surface area contributed by atoms with E-state index in [-0.39, 0.29) is 5.82 Å². The van der Waals surface area contributed by atoms with Gasteiger partial charge in [-0.2, -0.15) is 0 Å². The van der Waals surface area contributed by atoms with Crippen LogP contribution in [0.1, 0.15) is 5.56 Å². The molecule has 0 heterocycles. The van der Waals surface area contributed by atoms with Gasteiger partial charge in [-0.05, 0) is 28.8 Å². The summed E-state index contributed by atoms with van der Waals surface area (Å²) in [6.45, 7) is 3.72. The summed E-state index contributed by atoms with van der Waals surface area (Å²) in [7, 11) is 0. The second-order valence-electron chi connectivity index (χ2n) is 3.30. The van der Waals surface area contributed by atoms with Crippen molar-refractivity contribution in [3.63, 3.8) is 0 Å². The zero-order chi connectivity index (χ0) is 10.7. The van der Waals surface area contributed by atoms with Gasteiger partial charge in [0.1, 0.15) is 5.82 Å². The fraction of sp³-hybridized carbons (Fsp3) is 0. The first-order chi connectivity index (χ1) is 7.31. The van der Waals surface area contributed by atoms with Crippen LogP contribution in [0.15, 0.2) is 55.1 Å². The molecule has 2 aromatic carbocycles. The van der Waals surface area contributed by atoms with Gasteiger partial charge in [-0.15, -0.1) is 0 Å². The normalized spacial score (nSPS) is 9.93. The van der Waals surface area contributed by atoms with Gasteiger partial charge in [0.15, 0.2) is 0 Å². The molecule has 0 aromatic heterocycles. The zero-order valence-corrected chi connectivity index (χ0v) is 8.28. The highest BCUT2D eigenvalue weighted by Crippen LogP contribution is 2.25. The molecule has 74 valence electrons. The van der Waals surface area contributed by atoms with Gasteiger partial charge in [-0.25, -0.2) is 4.39 Å². The van der Waals surface area contributed by atoms with E-state index in [4.69, 9.17) is 0 Å². The van der Waals surface area contributed by atoms with Crippen molar-refractivity contribution in [2.24, 2.45) is 0 Å². The van der Waals surface area contributed by atoms with Crippen LogP contribution in [-0.2, 0) is 0 Å². The summed E-state index contributed by atoms with van der Waals surface area (Å²) < 4.78 is 13.1. The molecule has 0 N–H and O–H groups in total. The Labute approximate surface area is 88.7 Å². The third-order valence-corrected chi connectivity index (χ3v) is 2.32. The fourth-order valence-electron chi connectivity index (χ4n) is 1.57. The lowest BCUT2D eigenvalue weighted by Gasteiger charge is -2.06. The molecule has 0 saturated carbocycles. The van der Waals surface area contributed by atoms with Gasteiger partial charge in [-0.1, -0.05) is 49.1 Å². The van der Waals surface area contributed by atoms with Crippen LogP contribution in [0.3, 0.4) is 0 Å². The van der Waals surface area contributed by atoms with Crippen molar-refractivity contribution in [3.05, 3.63) is 66.5 Å². The average Bonchev–Trinajstić information content (AvgIpc) is 2.30. The monoisotopic (exact) mass is 198 g/mol. The van der Waals surface area contributed by atoms with Crippen LogP contribution in [-0.4, -0.2) is 0 Å². The second kappa shape index (κ2) is 4.09. The van der Waals surface area contributed by atoms with E-state index in [2.05, 4.69) is 6.58 Å². The summed E-state index contributed by atoms with van der Waals surface area (Å²) in [5.41, 5.74) is 2.83. The lowest BCUT2D eigenvalue weighted by Crippen LogP contribution is -1.84. The van der Waals surface area contributed by atoms with Crippen LogP contribution < -0.4 is 0 Å². The van der Waals surface area contributed by atoms with Gasteiger partial charge >= 0.3 is 0 Å². The Morgan fingerprint density at radius 2 is 1.73 bits per heavy atom. The number of hydrogen-bond acceptors (Lipinski definition) is 0. The van der Waals surface area contributed by atoms with Crippen LogP contribution in [0.5, 0.6) is 0 Å². The van der Waals surface area contributed by atoms with Crippen LogP contribution >= 0.6 is 0 Å². The van der Waals surface area contributed by atoms with E-state index in [0.717, 1.165) is 16.7 Å². The van der Waals surface area contributed by atoms with Crippen molar-refractivity contribution in [2.45, 2.75) is 0 Å². The molecule has 1 heteroatoms. The van der Waals surface area contributed by atoms with E-state index in [1.807, 2.05) is 30.3 Å². The maximum atomic E-state index is 13.1. The topological polar surface area (TPSA) is 0 Å². The minimum atomic E-state index is -0.223. The summed E-state index contributed by atoms with van der Waals surface area (Å²) in [5, 5.41) is 0. The first kappa shape index (κ1) is 9.66. The Kier molecular flexibility index (Phi) is 2.64. The molecule has 0 aliphatic heterocycles. The van der Waals surface area contributed by atoms with Gasteiger partial charge in [0, 0.05) is 0 Å². The van der Waals surface area contributed by atoms with Gasteiger partial charge in [0.05, 0.1) is 0 Å². The van der Waals surface area contributed by atoms with E-state index in [0.29, 0.717) is 0 Å². The molecular formula is C14H11F. The molecule has 0 saturated heterocycles. The van der Waals surface area contributed by atoms with E-state index in [1.54, 1.807) is 12.1 Å². The van der Waals surface area contributed by atoms with Crippen molar-refractivity contribution in [3.8, 4) is 11.1 Å². The molecule has 0 aliphatic carbocycles. The third-order valence-electron chi connectivity index (χ3n) is 2.32. The lowest BCUT2D eigenvalue weighted by atomic mass is 10.00. The number of benzene rings is 2. The molecule has 0 fully saturated rings. The summed E-state index contributed by atoms with van der Waals surface area (Å²) in [6.07, 6.45) is 1.74.